The molecule has 7 nitrogen and oxygen atoms in total. The Bertz CT molecular complexity index is 1370. The molecule has 0 unspecified atom stereocenters. The lowest BCUT2D eigenvalue weighted by molar-refractivity contribution is -0.137. The Morgan fingerprint density at radius 3 is 2.47 bits per heavy atom. The molecule has 2 aromatic heterocycles. The molecule has 0 bridgehead atoms. The quantitative estimate of drug-likeness (QED) is 0.429. The van der Waals surface area contributed by atoms with Crippen molar-refractivity contribution in [1.82, 2.24) is 24.3 Å². The number of nitrogens with zero attached hydrogens (tertiary/aromatic N) is 5. The van der Waals surface area contributed by atoms with Gasteiger partial charge >= 0.3 is 12.2 Å². The fourth-order valence-corrected chi connectivity index (χ4v) is 4.32. The number of hydrogen-bond donors (Lipinski definition) is 1. The van der Waals surface area contributed by atoms with Gasteiger partial charge in [-0.2, -0.15) is 13.2 Å². The number of fused-ring (bicyclic) bond motifs is 1. The first-order valence-electron chi connectivity index (χ1n) is 11.6. The van der Waals surface area contributed by atoms with Gasteiger partial charge in [0.1, 0.15) is 11.3 Å². The summed E-state index contributed by atoms with van der Waals surface area (Å²) in [5.74, 6) is 0.856. The van der Waals surface area contributed by atoms with E-state index in [1.165, 1.54) is 12.1 Å². The van der Waals surface area contributed by atoms with Crippen LogP contribution in [0.4, 0.5) is 23.7 Å². The summed E-state index contributed by atoms with van der Waals surface area (Å²) in [7, 11) is 0. The zero-order valence-electron chi connectivity index (χ0n) is 19.7. The highest BCUT2D eigenvalue weighted by molar-refractivity contribution is 5.89. The average molecular weight is 495 g/mol. The number of amides is 2. The number of rotatable bonds is 4. The van der Waals surface area contributed by atoms with Crippen molar-refractivity contribution in [3.8, 4) is 5.69 Å². The number of aryl methyl sites for hydroxylation is 1. The number of urea groups is 1. The van der Waals surface area contributed by atoms with Crippen molar-refractivity contribution in [2.24, 2.45) is 0 Å². The van der Waals surface area contributed by atoms with Gasteiger partial charge in [-0.25, -0.2) is 14.8 Å². The lowest BCUT2D eigenvalue weighted by atomic mass is 10.2. The molecule has 3 heterocycles. The van der Waals surface area contributed by atoms with Crippen molar-refractivity contribution >= 4 is 22.9 Å². The van der Waals surface area contributed by atoms with E-state index >= 15 is 0 Å². The lowest BCUT2D eigenvalue weighted by Crippen LogP contribution is -2.49. The fraction of sp³-hybridized carbons (Fsp3) is 0.269. The number of alkyl halides is 3. The van der Waals surface area contributed by atoms with Crippen LogP contribution in [-0.4, -0.2) is 56.5 Å². The molecule has 2 amide bonds. The molecule has 1 aliphatic rings. The predicted octanol–water partition coefficient (Wildman–Crippen LogP) is 5.10. The van der Waals surface area contributed by atoms with Crippen LogP contribution in [0.15, 0.2) is 66.9 Å². The monoisotopic (exact) mass is 494 g/mol. The number of carbonyl (C=O) groups is 1. The maximum absolute atomic E-state index is 13.0. The van der Waals surface area contributed by atoms with Crippen LogP contribution >= 0.6 is 0 Å². The Morgan fingerprint density at radius 1 is 1.00 bits per heavy atom. The van der Waals surface area contributed by atoms with Gasteiger partial charge in [0, 0.05) is 43.8 Å². The van der Waals surface area contributed by atoms with E-state index in [0.29, 0.717) is 32.7 Å². The van der Waals surface area contributed by atoms with E-state index in [0.717, 1.165) is 40.4 Å². The third kappa shape index (κ3) is 5.03. The molecule has 1 aliphatic heterocycles. The highest BCUT2D eigenvalue weighted by Crippen LogP contribution is 2.30. The second kappa shape index (κ2) is 9.62. The van der Waals surface area contributed by atoms with Crippen LogP contribution in [0.25, 0.3) is 16.9 Å². The number of aromatic nitrogens is 3. The number of nitrogens with one attached hydrogen (secondary N) is 1. The van der Waals surface area contributed by atoms with Crippen molar-refractivity contribution in [3.05, 3.63) is 83.8 Å². The third-order valence-corrected chi connectivity index (χ3v) is 6.24. The number of benzene rings is 2. The first kappa shape index (κ1) is 23.8. The molecule has 0 radical (unpaired) electrons. The number of halogens is 3. The van der Waals surface area contributed by atoms with E-state index in [1.807, 2.05) is 31.2 Å². The Hall–Kier alpha value is -3.92. The molecule has 0 saturated carbocycles. The molecule has 1 fully saturated rings. The van der Waals surface area contributed by atoms with Crippen LogP contribution in [-0.2, 0) is 12.7 Å². The summed E-state index contributed by atoms with van der Waals surface area (Å²) in [6.45, 7) is 4.74. The molecule has 186 valence electrons. The number of anilines is 1. The van der Waals surface area contributed by atoms with E-state index in [1.54, 1.807) is 11.1 Å². The molecule has 1 saturated heterocycles. The summed E-state index contributed by atoms with van der Waals surface area (Å²) in [4.78, 5) is 25.8. The van der Waals surface area contributed by atoms with Crippen LogP contribution in [0.5, 0.6) is 0 Å². The minimum Gasteiger partial charge on any atom is -0.322 e. The minimum atomic E-state index is -4.46. The topological polar surface area (TPSA) is 66.3 Å². The molecule has 36 heavy (non-hydrogen) atoms. The Balaban J connectivity index is 1.26. The third-order valence-electron chi connectivity index (χ3n) is 6.24. The van der Waals surface area contributed by atoms with Crippen LogP contribution in [0.3, 0.4) is 0 Å². The van der Waals surface area contributed by atoms with Gasteiger partial charge in [-0.1, -0.05) is 23.8 Å². The van der Waals surface area contributed by atoms with Gasteiger partial charge in [0.2, 0.25) is 0 Å². The molecular weight excluding hydrogens is 469 g/mol. The standard InChI is InChI=1S/C26H25F3N6O/c1-18-7-9-21(10-8-18)35-23(32-22-6-3-11-30-24(22)35)17-33-12-14-34(15-13-33)25(36)31-20-5-2-4-19(16-20)26(27,28)29/h2-11,16H,12-15,17H2,1H3,(H,31,36). The molecule has 0 atom stereocenters. The molecule has 10 heteroatoms. The number of carbonyl (C=O) groups excluding carboxylic acids is 1. The van der Waals surface area contributed by atoms with E-state index < -0.39 is 17.8 Å². The molecule has 0 aliphatic carbocycles. The van der Waals surface area contributed by atoms with Crippen molar-refractivity contribution in [3.63, 3.8) is 0 Å². The molecular formula is C26H25F3N6O. The minimum absolute atomic E-state index is 0.122. The summed E-state index contributed by atoms with van der Waals surface area (Å²) < 4.78 is 41.0. The van der Waals surface area contributed by atoms with Gasteiger partial charge in [-0.05, 0) is 49.4 Å². The van der Waals surface area contributed by atoms with Crippen molar-refractivity contribution in [2.45, 2.75) is 19.6 Å². The maximum Gasteiger partial charge on any atom is 0.416 e. The summed E-state index contributed by atoms with van der Waals surface area (Å²) in [5, 5.41) is 2.59. The first-order valence-corrected chi connectivity index (χ1v) is 11.6. The molecule has 4 aromatic rings. The second-order valence-corrected chi connectivity index (χ2v) is 8.82. The second-order valence-electron chi connectivity index (χ2n) is 8.82. The zero-order chi connectivity index (χ0) is 25.3. The Morgan fingerprint density at radius 2 is 1.75 bits per heavy atom. The summed E-state index contributed by atoms with van der Waals surface area (Å²) in [5.41, 5.74) is 3.07. The van der Waals surface area contributed by atoms with E-state index in [-0.39, 0.29) is 5.69 Å². The normalized spacial score (nSPS) is 14.8. The number of hydrogen-bond acceptors (Lipinski definition) is 4. The van der Waals surface area contributed by atoms with Crippen molar-refractivity contribution in [1.29, 1.82) is 0 Å². The van der Waals surface area contributed by atoms with Gasteiger partial charge in [0.05, 0.1) is 12.1 Å². The van der Waals surface area contributed by atoms with Crippen LogP contribution in [0, 0.1) is 6.92 Å². The predicted molar refractivity (Wildman–Crippen MR) is 131 cm³/mol. The Kier molecular flexibility index (Phi) is 6.36. The molecule has 1 N–H and O–H groups in total. The summed E-state index contributed by atoms with van der Waals surface area (Å²) in [6.07, 6.45) is -2.71. The zero-order valence-corrected chi connectivity index (χ0v) is 19.7. The van der Waals surface area contributed by atoms with Gasteiger partial charge in [0.15, 0.2) is 5.65 Å². The van der Waals surface area contributed by atoms with E-state index in [2.05, 4.69) is 31.9 Å². The van der Waals surface area contributed by atoms with Gasteiger partial charge in [0.25, 0.3) is 0 Å². The number of pyridine rings is 1. The Labute approximate surface area is 206 Å². The van der Waals surface area contributed by atoms with Crippen molar-refractivity contribution < 1.29 is 18.0 Å². The van der Waals surface area contributed by atoms with Gasteiger partial charge in [-0.15, -0.1) is 0 Å². The van der Waals surface area contributed by atoms with Gasteiger partial charge < -0.3 is 10.2 Å². The number of imidazole rings is 1. The fourth-order valence-electron chi connectivity index (χ4n) is 4.32. The molecule has 2 aromatic carbocycles. The SMILES string of the molecule is Cc1ccc(-n2c(CN3CCN(C(=O)Nc4cccc(C(F)(F)F)c4)CC3)nc3cccnc32)cc1. The summed E-state index contributed by atoms with van der Waals surface area (Å²) in [6, 6.07) is 16.2. The first-order chi connectivity index (χ1) is 17.3. The highest BCUT2D eigenvalue weighted by atomic mass is 19.4. The lowest BCUT2D eigenvalue weighted by Gasteiger charge is -2.34. The smallest absolute Gasteiger partial charge is 0.322 e. The maximum atomic E-state index is 13.0. The van der Waals surface area contributed by atoms with Gasteiger partial charge in [-0.3, -0.25) is 9.47 Å². The van der Waals surface area contributed by atoms with Crippen molar-refractivity contribution in [2.75, 3.05) is 31.5 Å². The number of piperazine rings is 1. The van der Waals surface area contributed by atoms with E-state index in [4.69, 9.17) is 4.98 Å². The van der Waals surface area contributed by atoms with Crippen LogP contribution in [0.1, 0.15) is 17.0 Å². The van der Waals surface area contributed by atoms with Crippen LogP contribution in [0.2, 0.25) is 0 Å². The molecule has 5 rings (SSSR count). The van der Waals surface area contributed by atoms with E-state index in [9.17, 15) is 18.0 Å². The summed E-state index contributed by atoms with van der Waals surface area (Å²) >= 11 is 0. The largest absolute Gasteiger partial charge is 0.416 e. The molecule has 0 spiro atoms. The average Bonchev–Trinajstić information content (AvgIpc) is 3.22. The van der Waals surface area contributed by atoms with Crippen LogP contribution < -0.4 is 5.32 Å². The highest BCUT2D eigenvalue weighted by Gasteiger charge is 2.31.